The summed E-state index contributed by atoms with van der Waals surface area (Å²) in [5.41, 5.74) is 3.30. The van der Waals surface area contributed by atoms with Crippen LogP contribution in [0.1, 0.15) is 20.7 Å². The first-order valence-corrected chi connectivity index (χ1v) is 14.3. The average Bonchev–Trinajstić information content (AvgIpc) is 3.77. The molecule has 0 aliphatic rings. The van der Waals surface area contributed by atoms with Gasteiger partial charge in [-0.25, -0.2) is 9.59 Å². The molecular weight excluding hydrogens is 569 g/mol. The lowest BCUT2D eigenvalue weighted by Crippen LogP contribution is -2.01. The SMILES string of the molecule is COC(=O)c1ccc(Oc2c(Oc3ccc(C(=O)O)cc3)c(-c3cccs3)c3nsnc3c2-c2cccs2)cc1. The van der Waals surface area contributed by atoms with Crippen molar-refractivity contribution < 1.29 is 28.9 Å². The number of thiophene rings is 2. The zero-order chi connectivity index (χ0) is 27.6. The molecule has 8 nitrogen and oxygen atoms in total. The Balaban J connectivity index is 1.60. The van der Waals surface area contributed by atoms with Crippen molar-refractivity contribution in [3.63, 3.8) is 0 Å². The van der Waals surface area contributed by atoms with Gasteiger partial charge in [-0.3, -0.25) is 0 Å². The number of hydrogen-bond donors (Lipinski definition) is 1. The molecule has 0 fully saturated rings. The molecule has 0 amide bonds. The third-order valence-electron chi connectivity index (χ3n) is 5.97. The molecule has 0 saturated heterocycles. The number of benzene rings is 3. The highest BCUT2D eigenvalue weighted by Crippen LogP contribution is 2.54. The fourth-order valence-electron chi connectivity index (χ4n) is 4.13. The number of rotatable bonds is 8. The lowest BCUT2D eigenvalue weighted by Gasteiger charge is -2.19. The van der Waals surface area contributed by atoms with Gasteiger partial charge in [0, 0.05) is 9.75 Å². The molecule has 198 valence electrons. The van der Waals surface area contributed by atoms with E-state index in [0.717, 1.165) is 21.5 Å². The van der Waals surface area contributed by atoms with Gasteiger partial charge in [-0.1, -0.05) is 12.1 Å². The number of esters is 1. The van der Waals surface area contributed by atoms with Crippen LogP contribution in [0.5, 0.6) is 23.0 Å². The van der Waals surface area contributed by atoms with Crippen molar-refractivity contribution in [1.29, 1.82) is 0 Å². The number of aromatic nitrogens is 2. The van der Waals surface area contributed by atoms with Gasteiger partial charge >= 0.3 is 11.9 Å². The molecule has 0 radical (unpaired) electrons. The lowest BCUT2D eigenvalue weighted by atomic mass is 10.0. The topological polar surface area (TPSA) is 108 Å². The molecule has 3 aromatic carbocycles. The van der Waals surface area contributed by atoms with Crippen LogP contribution in [0.25, 0.3) is 31.9 Å². The summed E-state index contributed by atoms with van der Waals surface area (Å²) in [5, 5.41) is 13.3. The van der Waals surface area contributed by atoms with E-state index in [9.17, 15) is 14.7 Å². The van der Waals surface area contributed by atoms with Crippen LogP contribution in [0.3, 0.4) is 0 Å². The minimum Gasteiger partial charge on any atom is -0.478 e. The van der Waals surface area contributed by atoms with Crippen LogP contribution < -0.4 is 9.47 Å². The first-order valence-electron chi connectivity index (χ1n) is 11.8. The smallest absolute Gasteiger partial charge is 0.337 e. The Hall–Kier alpha value is -4.58. The second-order valence-corrected chi connectivity index (χ2v) is 10.8. The van der Waals surface area contributed by atoms with E-state index in [-0.39, 0.29) is 5.56 Å². The number of nitrogens with zero attached hydrogens (tertiary/aromatic N) is 2. The predicted molar refractivity (Wildman–Crippen MR) is 155 cm³/mol. The molecule has 0 saturated carbocycles. The van der Waals surface area contributed by atoms with Gasteiger partial charge < -0.3 is 19.3 Å². The Bertz CT molecular complexity index is 1810. The van der Waals surface area contributed by atoms with E-state index in [0.29, 0.717) is 50.7 Å². The average molecular weight is 587 g/mol. The van der Waals surface area contributed by atoms with E-state index in [1.807, 2.05) is 35.0 Å². The number of ether oxygens (including phenoxy) is 3. The van der Waals surface area contributed by atoms with Crippen LogP contribution in [-0.2, 0) is 4.74 Å². The van der Waals surface area contributed by atoms with Crippen LogP contribution in [0, 0.1) is 0 Å². The van der Waals surface area contributed by atoms with Gasteiger partial charge in [-0.05, 0) is 71.4 Å². The van der Waals surface area contributed by atoms with Crippen LogP contribution >= 0.6 is 34.4 Å². The molecule has 3 heterocycles. The molecule has 0 aliphatic heterocycles. The first kappa shape index (κ1) is 25.7. The van der Waals surface area contributed by atoms with Crippen LogP contribution in [-0.4, -0.2) is 32.9 Å². The summed E-state index contributed by atoms with van der Waals surface area (Å²) in [6.07, 6.45) is 0. The molecule has 6 aromatic rings. The number of carbonyl (C=O) groups is 2. The summed E-state index contributed by atoms with van der Waals surface area (Å²) >= 11 is 4.16. The zero-order valence-electron chi connectivity index (χ0n) is 20.7. The number of methoxy groups -OCH3 is 1. The molecule has 0 spiro atoms. The largest absolute Gasteiger partial charge is 0.478 e. The van der Waals surface area contributed by atoms with Crippen LogP contribution in [0.2, 0.25) is 0 Å². The molecule has 6 rings (SSSR count). The van der Waals surface area contributed by atoms with E-state index >= 15 is 0 Å². The molecule has 0 aliphatic carbocycles. The highest BCUT2D eigenvalue weighted by molar-refractivity contribution is 7.14. The van der Waals surface area contributed by atoms with E-state index in [1.54, 1.807) is 36.4 Å². The first-order chi connectivity index (χ1) is 19.5. The number of aromatic carboxylic acids is 1. The summed E-state index contributed by atoms with van der Waals surface area (Å²) < 4.78 is 27.2. The van der Waals surface area contributed by atoms with Crippen molar-refractivity contribution in [2.45, 2.75) is 0 Å². The van der Waals surface area contributed by atoms with Crippen molar-refractivity contribution in [3.05, 3.63) is 94.7 Å². The van der Waals surface area contributed by atoms with E-state index < -0.39 is 11.9 Å². The molecule has 0 bridgehead atoms. The summed E-state index contributed by atoms with van der Waals surface area (Å²) in [6.45, 7) is 0. The number of carboxylic acids is 1. The maximum Gasteiger partial charge on any atom is 0.337 e. The Morgan fingerprint density at radius 1 is 0.700 bits per heavy atom. The maximum atomic E-state index is 12.0. The fraction of sp³-hybridized carbons (Fsp3) is 0.0345. The summed E-state index contributed by atoms with van der Waals surface area (Å²) in [6, 6.07) is 20.6. The molecule has 40 heavy (non-hydrogen) atoms. The van der Waals surface area contributed by atoms with Gasteiger partial charge in [0.25, 0.3) is 0 Å². The Morgan fingerprint density at radius 3 is 1.57 bits per heavy atom. The van der Waals surface area contributed by atoms with Gasteiger partial charge in [-0.15, -0.1) is 22.7 Å². The summed E-state index contributed by atoms with van der Waals surface area (Å²) in [5.74, 6) is 0.240. The number of carbonyl (C=O) groups excluding carboxylic acids is 1. The molecule has 0 atom stereocenters. The molecule has 0 unspecified atom stereocenters. The van der Waals surface area contributed by atoms with Gasteiger partial charge in [-0.2, -0.15) is 8.75 Å². The lowest BCUT2D eigenvalue weighted by molar-refractivity contribution is 0.0599. The minimum atomic E-state index is -1.03. The number of carboxylic acid groups (broad SMARTS) is 1. The maximum absolute atomic E-state index is 12.0. The van der Waals surface area contributed by atoms with Gasteiger partial charge in [0.2, 0.25) is 0 Å². The van der Waals surface area contributed by atoms with E-state index in [1.165, 1.54) is 41.9 Å². The fourth-order valence-corrected chi connectivity index (χ4v) is 6.23. The van der Waals surface area contributed by atoms with E-state index in [2.05, 4.69) is 8.75 Å². The van der Waals surface area contributed by atoms with E-state index in [4.69, 9.17) is 14.2 Å². The third-order valence-corrected chi connectivity index (χ3v) is 8.28. The second-order valence-electron chi connectivity index (χ2n) is 8.37. The molecule has 3 aromatic heterocycles. The van der Waals surface area contributed by atoms with Crippen molar-refractivity contribution >= 4 is 57.4 Å². The highest BCUT2D eigenvalue weighted by Gasteiger charge is 2.29. The van der Waals surface area contributed by atoms with Gasteiger partial charge in [0.15, 0.2) is 11.5 Å². The Labute approximate surface area is 240 Å². The second kappa shape index (κ2) is 10.9. The van der Waals surface area contributed by atoms with Gasteiger partial charge in [0.1, 0.15) is 22.5 Å². The van der Waals surface area contributed by atoms with Crippen LogP contribution in [0.4, 0.5) is 0 Å². The predicted octanol–water partition coefficient (Wildman–Crippen LogP) is 8.22. The standard InChI is InChI=1S/C29H18N2O6S3/c1-35-29(34)17-8-12-19(13-9-17)37-27-23(21-5-3-15-39-21)25-24(30-40-31-25)22(20-4-2-14-38-20)26(27)36-18-10-6-16(7-11-18)28(32)33/h2-15H,1H3,(H,32,33). The molecular formula is C29H18N2O6S3. The number of hydrogen-bond acceptors (Lipinski definition) is 10. The normalized spacial score (nSPS) is 10.9. The molecule has 11 heteroatoms. The summed E-state index contributed by atoms with van der Waals surface area (Å²) in [7, 11) is 1.33. The summed E-state index contributed by atoms with van der Waals surface area (Å²) in [4.78, 5) is 25.2. The Kier molecular flexibility index (Phi) is 6.99. The molecule has 1 N–H and O–H groups in total. The van der Waals surface area contributed by atoms with Crippen LogP contribution in [0.15, 0.2) is 83.6 Å². The third kappa shape index (κ3) is 4.81. The minimum absolute atomic E-state index is 0.145. The Morgan fingerprint density at radius 2 is 1.18 bits per heavy atom. The quantitative estimate of drug-likeness (QED) is 0.178. The highest BCUT2D eigenvalue weighted by atomic mass is 32.1. The van der Waals surface area contributed by atoms with Crippen molar-refractivity contribution in [2.24, 2.45) is 0 Å². The zero-order valence-corrected chi connectivity index (χ0v) is 23.1. The van der Waals surface area contributed by atoms with Gasteiger partial charge in [0.05, 0.1) is 41.1 Å². The van der Waals surface area contributed by atoms with Crippen molar-refractivity contribution in [1.82, 2.24) is 8.75 Å². The monoisotopic (exact) mass is 586 g/mol. The van der Waals surface area contributed by atoms with Crippen molar-refractivity contribution in [3.8, 4) is 43.9 Å². The van der Waals surface area contributed by atoms with Crippen molar-refractivity contribution in [2.75, 3.05) is 7.11 Å². The number of fused-ring (bicyclic) bond motifs is 1.